The summed E-state index contributed by atoms with van der Waals surface area (Å²) >= 11 is 0. The molecule has 0 bridgehead atoms. The zero-order valence-electron chi connectivity index (χ0n) is 28.8. The maximum absolute atomic E-state index is 14.2. The Balaban J connectivity index is 1.23. The average molecular weight is 668 g/mol. The van der Waals surface area contributed by atoms with Gasteiger partial charge in [-0.1, -0.05) is 59.2 Å². The van der Waals surface area contributed by atoms with E-state index in [0.29, 0.717) is 63.3 Å². The maximum Gasteiger partial charge on any atom is 0.414 e. The van der Waals surface area contributed by atoms with Crippen molar-refractivity contribution < 1.29 is 27.2 Å². The number of carbonyl (C=O) groups is 1. The van der Waals surface area contributed by atoms with Gasteiger partial charge in [0.05, 0.1) is 13.2 Å². The number of piperazine rings is 1. The number of anilines is 1. The van der Waals surface area contributed by atoms with E-state index in [1.165, 1.54) is 0 Å². The van der Waals surface area contributed by atoms with Crippen LogP contribution in [0.5, 0.6) is 5.75 Å². The van der Waals surface area contributed by atoms with Crippen molar-refractivity contribution in [2.45, 2.75) is 84.1 Å². The molecule has 1 aromatic heterocycles. The van der Waals surface area contributed by atoms with Gasteiger partial charge < -0.3 is 14.0 Å². The Hall–Kier alpha value is -3.48. The molecule has 1 unspecified atom stereocenters. The highest BCUT2D eigenvalue weighted by molar-refractivity contribution is 7.89. The van der Waals surface area contributed by atoms with E-state index < -0.39 is 16.1 Å². The Kier molecular flexibility index (Phi) is 10.3. The predicted molar refractivity (Wildman–Crippen MR) is 181 cm³/mol. The number of nitrogens with zero attached hydrogens (tertiary/aromatic N) is 5. The molecule has 11 nitrogen and oxygen atoms in total. The highest BCUT2D eigenvalue weighted by Crippen LogP contribution is 2.39. The Morgan fingerprint density at radius 3 is 2.32 bits per heavy atom. The Morgan fingerprint density at radius 2 is 1.70 bits per heavy atom. The summed E-state index contributed by atoms with van der Waals surface area (Å²) < 4.78 is 46.7. The fourth-order valence-electron chi connectivity index (χ4n) is 6.62. The van der Waals surface area contributed by atoms with Crippen LogP contribution in [0.2, 0.25) is 0 Å². The number of amides is 1. The number of ether oxygens (including phenoxy) is 2. The van der Waals surface area contributed by atoms with Crippen LogP contribution in [0.1, 0.15) is 72.3 Å². The van der Waals surface area contributed by atoms with E-state index >= 15 is 0 Å². The topological polar surface area (TPSA) is 118 Å². The summed E-state index contributed by atoms with van der Waals surface area (Å²) in [6, 6.07) is 13.1. The first kappa shape index (κ1) is 34.8. The van der Waals surface area contributed by atoms with Gasteiger partial charge in [-0.15, -0.1) is 0 Å². The number of sulfonamides is 1. The molecule has 2 aromatic carbocycles. The van der Waals surface area contributed by atoms with E-state index in [4.69, 9.17) is 14.0 Å². The zero-order valence-corrected chi connectivity index (χ0v) is 29.6. The lowest BCUT2D eigenvalue weighted by atomic mass is 9.72. The third kappa shape index (κ3) is 8.33. The van der Waals surface area contributed by atoms with Gasteiger partial charge in [0.1, 0.15) is 16.7 Å². The summed E-state index contributed by atoms with van der Waals surface area (Å²) in [6.45, 7) is 17.9. The van der Waals surface area contributed by atoms with Crippen molar-refractivity contribution in [2.75, 3.05) is 50.8 Å². The standard InChI is InChI=1S/C35H49N5O6S/c1-8-9-20-44-30-15-12-27(35(6,7)24-34(3,4)5)21-31(30)47(42,43)39-18-16-38(17-19-39)22-29-23-40(33(41)45-29)28-13-10-26(11-14-28)32-36-25(2)46-37-32/h10-15,21,29H,8-9,16-20,22-24H2,1-7H3. The first-order valence-corrected chi connectivity index (χ1v) is 18.0. The van der Waals surface area contributed by atoms with Crippen molar-refractivity contribution in [1.82, 2.24) is 19.3 Å². The van der Waals surface area contributed by atoms with Gasteiger partial charge in [-0.05, 0) is 65.6 Å². The summed E-state index contributed by atoms with van der Waals surface area (Å²) in [5.74, 6) is 1.39. The molecule has 0 spiro atoms. The first-order valence-electron chi connectivity index (χ1n) is 16.5. The number of hydrogen-bond donors (Lipinski definition) is 0. The van der Waals surface area contributed by atoms with Crippen LogP contribution in [0.4, 0.5) is 10.5 Å². The third-order valence-corrected chi connectivity index (χ3v) is 10.6. The van der Waals surface area contributed by atoms with E-state index in [1.807, 2.05) is 42.5 Å². The van der Waals surface area contributed by atoms with Gasteiger partial charge in [0, 0.05) is 50.9 Å². The lowest BCUT2D eigenvalue weighted by Gasteiger charge is -2.36. The monoisotopic (exact) mass is 667 g/mol. The van der Waals surface area contributed by atoms with Crippen LogP contribution >= 0.6 is 0 Å². The summed E-state index contributed by atoms with van der Waals surface area (Å²) in [5, 5.41) is 3.94. The number of rotatable bonds is 12. The largest absolute Gasteiger partial charge is 0.492 e. The van der Waals surface area contributed by atoms with Crippen LogP contribution in [-0.4, -0.2) is 85.8 Å². The van der Waals surface area contributed by atoms with E-state index in [9.17, 15) is 13.2 Å². The molecule has 0 radical (unpaired) electrons. The van der Waals surface area contributed by atoms with Crippen LogP contribution in [0, 0.1) is 12.3 Å². The summed E-state index contributed by atoms with van der Waals surface area (Å²) in [5.41, 5.74) is 2.37. The van der Waals surface area contributed by atoms with Gasteiger partial charge in [0.25, 0.3) is 0 Å². The third-order valence-electron chi connectivity index (χ3n) is 8.70. The van der Waals surface area contributed by atoms with Gasteiger partial charge >= 0.3 is 6.09 Å². The molecular weight excluding hydrogens is 618 g/mol. The fraction of sp³-hybridized carbons (Fsp3) is 0.571. The molecule has 1 atom stereocenters. The van der Waals surface area contributed by atoms with Crippen molar-refractivity contribution in [3.8, 4) is 17.1 Å². The molecule has 0 aliphatic carbocycles. The molecule has 2 aliphatic rings. The SMILES string of the molecule is CCCCOc1ccc(C(C)(C)CC(C)(C)C)cc1S(=O)(=O)N1CCN(CC2CN(c3ccc(-c4noc(C)n4)cc3)C(=O)O2)CC1. The van der Waals surface area contributed by atoms with Gasteiger partial charge in [0.15, 0.2) is 0 Å². The highest BCUT2D eigenvalue weighted by Gasteiger charge is 2.37. The number of cyclic esters (lactones) is 1. The quantitative estimate of drug-likeness (QED) is 0.206. The molecule has 0 saturated carbocycles. The van der Waals surface area contributed by atoms with E-state index in [2.05, 4.69) is 56.6 Å². The zero-order chi connectivity index (χ0) is 34.0. The fourth-order valence-corrected chi connectivity index (χ4v) is 8.20. The molecule has 1 amide bonds. The molecule has 2 saturated heterocycles. The molecule has 5 rings (SSSR count). The van der Waals surface area contributed by atoms with Crippen molar-refractivity contribution in [1.29, 1.82) is 0 Å². The molecule has 12 heteroatoms. The summed E-state index contributed by atoms with van der Waals surface area (Å²) in [4.78, 5) is 21.0. The van der Waals surface area contributed by atoms with Crippen LogP contribution in [0.25, 0.3) is 11.4 Å². The average Bonchev–Trinajstić information content (AvgIpc) is 3.61. The smallest absolute Gasteiger partial charge is 0.414 e. The minimum Gasteiger partial charge on any atom is -0.492 e. The van der Waals surface area contributed by atoms with Gasteiger partial charge in [0.2, 0.25) is 21.7 Å². The number of aryl methyl sites for hydroxylation is 1. The normalized spacial score (nSPS) is 18.5. The van der Waals surface area contributed by atoms with Gasteiger partial charge in [-0.2, -0.15) is 9.29 Å². The van der Waals surface area contributed by atoms with E-state index in [0.717, 1.165) is 36.1 Å². The van der Waals surface area contributed by atoms with Gasteiger partial charge in [-0.25, -0.2) is 13.2 Å². The summed E-state index contributed by atoms with van der Waals surface area (Å²) in [6.07, 6.45) is 1.99. The minimum absolute atomic E-state index is 0.0832. The van der Waals surface area contributed by atoms with Crippen LogP contribution in [-0.2, 0) is 20.2 Å². The first-order chi connectivity index (χ1) is 22.2. The predicted octanol–water partition coefficient (Wildman–Crippen LogP) is 6.27. The van der Waals surface area contributed by atoms with Crippen molar-refractivity contribution in [2.24, 2.45) is 5.41 Å². The van der Waals surface area contributed by atoms with E-state index in [-0.39, 0.29) is 21.8 Å². The Morgan fingerprint density at radius 1 is 1.00 bits per heavy atom. The van der Waals surface area contributed by atoms with Crippen molar-refractivity contribution in [3.05, 3.63) is 53.9 Å². The van der Waals surface area contributed by atoms with Crippen LogP contribution < -0.4 is 9.64 Å². The highest BCUT2D eigenvalue weighted by atomic mass is 32.2. The number of benzene rings is 2. The second-order valence-electron chi connectivity index (χ2n) is 14.5. The van der Waals surface area contributed by atoms with Gasteiger partial charge in [-0.3, -0.25) is 9.80 Å². The van der Waals surface area contributed by atoms with Crippen LogP contribution in [0.3, 0.4) is 0 Å². The molecular formula is C35H49N5O6S. The van der Waals surface area contributed by atoms with Crippen molar-refractivity contribution >= 4 is 21.8 Å². The molecule has 2 fully saturated rings. The molecule has 256 valence electrons. The Labute approximate surface area is 279 Å². The van der Waals surface area contributed by atoms with Crippen molar-refractivity contribution in [3.63, 3.8) is 0 Å². The second kappa shape index (κ2) is 13.9. The van der Waals surface area contributed by atoms with Crippen LogP contribution in [0.15, 0.2) is 51.9 Å². The van der Waals surface area contributed by atoms with E-state index in [1.54, 1.807) is 16.1 Å². The minimum atomic E-state index is -3.81. The lowest BCUT2D eigenvalue weighted by Crippen LogP contribution is -2.50. The number of hydrogen-bond acceptors (Lipinski definition) is 9. The summed E-state index contributed by atoms with van der Waals surface area (Å²) in [7, 11) is -3.81. The maximum atomic E-state index is 14.2. The number of carbonyl (C=O) groups excluding carboxylic acids is 1. The second-order valence-corrected chi connectivity index (χ2v) is 16.4. The molecule has 0 N–H and O–H groups in total. The number of unbranched alkanes of at least 4 members (excludes halogenated alkanes) is 1. The molecule has 3 heterocycles. The molecule has 2 aliphatic heterocycles. The lowest BCUT2D eigenvalue weighted by molar-refractivity contribution is 0.0937. The Bertz CT molecular complexity index is 1640. The molecule has 47 heavy (non-hydrogen) atoms. The molecule has 3 aromatic rings. The number of aromatic nitrogens is 2.